The number of hydrogen-bond acceptors (Lipinski definition) is 6. The minimum absolute atomic E-state index is 0.00332. The van der Waals surface area contributed by atoms with Gasteiger partial charge in [0.2, 0.25) is 5.91 Å². The Bertz CT molecular complexity index is 759. The summed E-state index contributed by atoms with van der Waals surface area (Å²) in [6.45, 7) is 7.97. The summed E-state index contributed by atoms with van der Waals surface area (Å²) >= 11 is 0. The van der Waals surface area contributed by atoms with E-state index in [-0.39, 0.29) is 18.3 Å². The lowest BCUT2D eigenvalue weighted by Crippen LogP contribution is -2.41. The summed E-state index contributed by atoms with van der Waals surface area (Å²) in [5, 5.41) is 12.7. The Balaban J connectivity index is 0.000000564. The first-order valence-electron chi connectivity index (χ1n) is 9.41. The van der Waals surface area contributed by atoms with E-state index in [0.29, 0.717) is 24.7 Å². The molecule has 0 aliphatic carbocycles. The number of nitrogen functional groups attached to an aromatic ring is 1. The first-order chi connectivity index (χ1) is 14.3. The number of methoxy groups -OCH3 is 1. The lowest BCUT2D eigenvalue weighted by molar-refractivity contribution is -0.123. The standard InChI is InChI=1S/C12H18N2O2.C10H15N3O/c1-3-5-10(4-2)6-7-11(13)12(16)14-8-9-15;1-13-6-8-4-3-7(10(11)12)5-9(8)14-2/h3-5,9,11H,1-2,6-8,13H2,(H,14,16);3-5,13H,6H2,1-2H3,(H3,11,12)/b10-5+;. The molecule has 30 heavy (non-hydrogen) atoms. The fourth-order valence-corrected chi connectivity index (χ4v) is 2.38. The summed E-state index contributed by atoms with van der Waals surface area (Å²) in [5.74, 6) is 0.500. The van der Waals surface area contributed by atoms with E-state index < -0.39 is 6.04 Å². The molecule has 7 N–H and O–H groups in total. The van der Waals surface area contributed by atoms with Crippen LogP contribution < -0.4 is 26.8 Å². The molecule has 0 aliphatic rings. The molecule has 8 heteroatoms. The number of carbonyl (C=O) groups is 2. The van der Waals surface area contributed by atoms with Gasteiger partial charge in [-0.15, -0.1) is 0 Å². The van der Waals surface area contributed by atoms with Crippen LogP contribution in [0, 0.1) is 5.41 Å². The summed E-state index contributed by atoms with van der Waals surface area (Å²) in [7, 11) is 3.48. The molecule has 164 valence electrons. The van der Waals surface area contributed by atoms with Gasteiger partial charge in [-0.2, -0.15) is 0 Å². The van der Waals surface area contributed by atoms with Crippen molar-refractivity contribution in [3.05, 3.63) is 66.3 Å². The molecule has 0 saturated carbocycles. The Morgan fingerprint density at radius 1 is 1.37 bits per heavy atom. The Morgan fingerprint density at radius 2 is 2.07 bits per heavy atom. The molecule has 0 aromatic heterocycles. The monoisotopic (exact) mass is 415 g/mol. The maximum absolute atomic E-state index is 11.3. The van der Waals surface area contributed by atoms with Gasteiger partial charge in [-0.1, -0.05) is 43.5 Å². The van der Waals surface area contributed by atoms with Gasteiger partial charge in [0.15, 0.2) is 0 Å². The van der Waals surface area contributed by atoms with E-state index in [4.69, 9.17) is 21.6 Å². The van der Waals surface area contributed by atoms with Crippen LogP contribution in [0.3, 0.4) is 0 Å². The Morgan fingerprint density at radius 3 is 2.57 bits per heavy atom. The zero-order chi connectivity index (χ0) is 22.9. The van der Waals surface area contributed by atoms with Gasteiger partial charge in [0.1, 0.15) is 17.9 Å². The van der Waals surface area contributed by atoms with E-state index in [1.807, 2.05) is 25.3 Å². The lowest BCUT2D eigenvalue weighted by atomic mass is 10.1. The highest BCUT2D eigenvalue weighted by atomic mass is 16.5. The molecule has 8 nitrogen and oxygen atoms in total. The molecule has 0 aliphatic heterocycles. The van der Waals surface area contributed by atoms with Crippen LogP contribution in [0.15, 0.2) is 55.2 Å². The second kappa shape index (κ2) is 15.7. The highest BCUT2D eigenvalue weighted by Gasteiger charge is 2.12. The third-order valence-electron chi connectivity index (χ3n) is 4.00. The maximum atomic E-state index is 11.3. The van der Waals surface area contributed by atoms with Gasteiger partial charge in [0, 0.05) is 17.7 Å². The van der Waals surface area contributed by atoms with Crippen LogP contribution in [0.1, 0.15) is 24.0 Å². The number of hydrogen-bond donors (Lipinski definition) is 5. The van der Waals surface area contributed by atoms with Crippen LogP contribution in [0.4, 0.5) is 0 Å². The van der Waals surface area contributed by atoms with E-state index >= 15 is 0 Å². The molecule has 0 saturated heterocycles. The molecule has 0 bridgehead atoms. The summed E-state index contributed by atoms with van der Waals surface area (Å²) < 4.78 is 5.20. The van der Waals surface area contributed by atoms with Crippen LogP contribution in [0.5, 0.6) is 5.75 Å². The minimum Gasteiger partial charge on any atom is -0.496 e. The molecule has 1 rings (SSSR count). The van der Waals surface area contributed by atoms with E-state index in [1.165, 1.54) is 0 Å². The number of aldehydes is 1. The van der Waals surface area contributed by atoms with Crippen molar-refractivity contribution in [2.45, 2.75) is 25.4 Å². The molecule has 1 aromatic carbocycles. The number of carbonyl (C=O) groups excluding carboxylic acids is 2. The molecule has 1 atom stereocenters. The van der Waals surface area contributed by atoms with E-state index in [0.717, 1.165) is 23.4 Å². The van der Waals surface area contributed by atoms with Crippen LogP contribution in [0.25, 0.3) is 0 Å². The number of nitrogens with two attached hydrogens (primary N) is 2. The average molecular weight is 416 g/mol. The van der Waals surface area contributed by atoms with Crippen LogP contribution in [-0.2, 0) is 16.1 Å². The molecule has 0 heterocycles. The van der Waals surface area contributed by atoms with Crippen molar-refractivity contribution in [1.82, 2.24) is 10.6 Å². The molecule has 0 fully saturated rings. The van der Waals surface area contributed by atoms with Gasteiger partial charge in [-0.3, -0.25) is 10.2 Å². The van der Waals surface area contributed by atoms with Gasteiger partial charge >= 0.3 is 0 Å². The SMILES string of the molecule is C=C/C=C(\C=C)CCC(N)C(=O)NCC=O.CNCc1ccc(C(=N)N)cc1OC. The van der Waals surface area contributed by atoms with E-state index in [9.17, 15) is 9.59 Å². The Kier molecular flexibility index (Phi) is 14.0. The van der Waals surface area contributed by atoms with Gasteiger partial charge in [-0.05, 0) is 31.5 Å². The summed E-state index contributed by atoms with van der Waals surface area (Å²) in [6, 6.07) is 4.90. The van der Waals surface area contributed by atoms with Gasteiger partial charge in [0.05, 0.1) is 19.7 Å². The van der Waals surface area contributed by atoms with Crippen molar-refractivity contribution in [1.29, 1.82) is 5.41 Å². The molecular formula is C22H33N5O3. The second-order valence-electron chi connectivity index (χ2n) is 6.21. The maximum Gasteiger partial charge on any atom is 0.237 e. The Labute approximate surface area is 178 Å². The normalized spacial score (nSPS) is 11.4. The first kappa shape index (κ1) is 26.8. The van der Waals surface area contributed by atoms with Crippen molar-refractivity contribution < 1.29 is 14.3 Å². The summed E-state index contributed by atoms with van der Waals surface area (Å²) in [5.41, 5.74) is 13.7. The predicted octanol–water partition coefficient (Wildman–Crippen LogP) is 1.41. The first-order valence-corrected chi connectivity index (χ1v) is 9.41. The van der Waals surface area contributed by atoms with Crippen molar-refractivity contribution in [2.24, 2.45) is 11.5 Å². The molecule has 1 aromatic rings. The van der Waals surface area contributed by atoms with Crippen LogP contribution >= 0.6 is 0 Å². The number of amidine groups is 1. The van der Waals surface area contributed by atoms with Crippen molar-refractivity contribution in [2.75, 3.05) is 20.7 Å². The fraction of sp³-hybridized carbons (Fsp3) is 0.318. The highest BCUT2D eigenvalue weighted by molar-refractivity contribution is 5.95. The largest absolute Gasteiger partial charge is 0.496 e. The topological polar surface area (TPSA) is 143 Å². The average Bonchev–Trinajstić information content (AvgIpc) is 2.75. The second-order valence-corrected chi connectivity index (χ2v) is 6.21. The smallest absolute Gasteiger partial charge is 0.237 e. The van der Waals surface area contributed by atoms with Gasteiger partial charge in [0.25, 0.3) is 0 Å². The zero-order valence-corrected chi connectivity index (χ0v) is 17.7. The van der Waals surface area contributed by atoms with Crippen molar-refractivity contribution >= 4 is 18.0 Å². The third-order valence-corrected chi connectivity index (χ3v) is 4.00. The number of allylic oxidation sites excluding steroid dienone is 4. The van der Waals surface area contributed by atoms with Crippen molar-refractivity contribution in [3.63, 3.8) is 0 Å². The molecule has 1 unspecified atom stereocenters. The van der Waals surface area contributed by atoms with Crippen LogP contribution in [-0.4, -0.2) is 44.8 Å². The van der Waals surface area contributed by atoms with E-state index in [1.54, 1.807) is 25.3 Å². The number of benzene rings is 1. The fourth-order valence-electron chi connectivity index (χ4n) is 2.38. The van der Waals surface area contributed by atoms with E-state index in [2.05, 4.69) is 23.8 Å². The lowest BCUT2D eigenvalue weighted by Gasteiger charge is -2.10. The van der Waals surface area contributed by atoms with Gasteiger partial charge < -0.3 is 31.6 Å². The quantitative estimate of drug-likeness (QED) is 0.151. The molecule has 1 amide bonds. The zero-order valence-electron chi connectivity index (χ0n) is 17.7. The number of rotatable bonds is 12. The summed E-state index contributed by atoms with van der Waals surface area (Å²) in [6.07, 6.45) is 6.98. The summed E-state index contributed by atoms with van der Waals surface area (Å²) in [4.78, 5) is 21.3. The van der Waals surface area contributed by atoms with Crippen LogP contribution in [0.2, 0.25) is 0 Å². The number of amides is 1. The predicted molar refractivity (Wildman–Crippen MR) is 122 cm³/mol. The highest BCUT2D eigenvalue weighted by Crippen LogP contribution is 2.19. The molecule has 0 spiro atoms. The number of nitrogens with one attached hydrogen (secondary N) is 3. The minimum atomic E-state index is -0.604. The van der Waals surface area contributed by atoms with Crippen molar-refractivity contribution in [3.8, 4) is 5.75 Å². The molecular weight excluding hydrogens is 382 g/mol. The Hall–Kier alpha value is -3.23. The molecule has 0 radical (unpaired) electrons. The number of ether oxygens (including phenoxy) is 1. The third kappa shape index (κ3) is 10.4. The van der Waals surface area contributed by atoms with Gasteiger partial charge in [-0.25, -0.2) is 0 Å².